The van der Waals surface area contributed by atoms with Crippen molar-refractivity contribution in [2.45, 2.75) is 31.0 Å². The van der Waals surface area contributed by atoms with E-state index in [0.717, 1.165) is 11.5 Å². The second kappa shape index (κ2) is 14.2. The zero-order valence-electron chi connectivity index (χ0n) is 17.9. The molecule has 31 heavy (non-hydrogen) atoms. The van der Waals surface area contributed by atoms with Gasteiger partial charge in [-0.1, -0.05) is 50.2 Å². The molecule has 1 N–H and O–H groups in total. The first-order valence-corrected chi connectivity index (χ1v) is 12.5. The number of hydrogen-bond acceptors (Lipinski definition) is 7. The van der Waals surface area contributed by atoms with Gasteiger partial charge in [-0.05, 0) is 42.2 Å². The first kappa shape index (κ1) is 25.3. The molecule has 0 fully saturated rings. The van der Waals surface area contributed by atoms with Gasteiger partial charge in [0.25, 0.3) is 0 Å². The third-order valence-corrected chi connectivity index (χ3v) is 7.19. The molecule has 0 spiro atoms. The topological polar surface area (TPSA) is 72.8 Å². The van der Waals surface area contributed by atoms with Gasteiger partial charge in [0, 0.05) is 5.92 Å². The zero-order valence-corrected chi connectivity index (χ0v) is 19.6. The molecule has 2 aromatic rings. The minimum absolute atomic E-state index is 0.0584. The van der Waals surface area contributed by atoms with Gasteiger partial charge >= 0.3 is 11.9 Å². The molecule has 0 heterocycles. The molecule has 7 heteroatoms. The monoisotopic (exact) mass is 462 g/mol. The Morgan fingerprint density at radius 1 is 0.806 bits per heavy atom. The molecule has 0 aromatic heterocycles. The highest BCUT2D eigenvalue weighted by atomic mass is 32.2. The van der Waals surface area contributed by atoms with Crippen LogP contribution < -0.4 is 0 Å². The number of aliphatic hydroxyl groups is 1. The summed E-state index contributed by atoms with van der Waals surface area (Å²) in [4.78, 5) is 24.6. The van der Waals surface area contributed by atoms with Crippen molar-refractivity contribution in [1.29, 1.82) is 0 Å². The van der Waals surface area contributed by atoms with Crippen molar-refractivity contribution in [3.63, 3.8) is 0 Å². The SMILES string of the molecule is CCSC(C[C@H](COC(=O)c1ccccc1)[C@@H](O)COC(=O)c1ccccc1)SCC. The van der Waals surface area contributed by atoms with Gasteiger partial charge in [-0.3, -0.25) is 0 Å². The van der Waals surface area contributed by atoms with E-state index in [9.17, 15) is 14.7 Å². The maximum Gasteiger partial charge on any atom is 0.338 e. The van der Waals surface area contributed by atoms with Crippen LogP contribution in [0.5, 0.6) is 0 Å². The summed E-state index contributed by atoms with van der Waals surface area (Å²) < 4.78 is 11.1. The molecule has 0 unspecified atom stereocenters. The molecule has 2 rings (SSSR count). The van der Waals surface area contributed by atoms with Gasteiger partial charge in [0.2, 0.25) is 0 Å². The van der Waals surface area contributed by atoms with Gasteiger partial charge in [-0.2, -0.15) is 0 Å². The summed E-state index contributed by atoms with van der Waals surface area (Å²) >= 11 is 3.60. The fourth-order valence-electron chi connectivity index (χ4n) is 2.93. The van der Waals surface area contributed by atoms with E-state index in [1.165, 1.54) is 0 Å². The summed E-state index contributed by atoms with van der Waals surface area (Å²) in [6.07, 6.45) is -0.294. The molecule has 168 valence electrons. The van der Waals surface area contributed by atoms with E-state index in [4.69, 9.17) is 9.47 Å². The minimum atomic E-state index is -0.936. The van der Waals surface area contributed by atoms with Crippen LogP contribution in [0.4, 0.5) is 0 Å². The lowest BCUT2D eigenvalue weighted by atomic mass is 10.0. The number of carbonyl (C=O) groups excluding carboxylic acids is 2. The molecule has 0 amide bonds. The molecule has 2 atom stereocenters. The predicted molar refractivity (Wildman–Crippen MR) is 128 cm³/mol. The van der Waals surface area contributed by atoms with E-state index in [0.29, 0.717) is 17.5 Å². The molecule has 5 nitrogen and oxygen atoms in total. The number of rotatable bonds is 13. The van der Waals surface area contributed by atoms with E-state index in [1.54, 1.807) is 72.1 Å². The summed E-state index contributed by atoms with van der Waals surface area (Å²) in [6, 6.07) is 17.4. The zero-order chi connectivity index (χ0) is 22.5. The van der Waals surface area contributed by atoms with Crippen LogP contribution in [0.15, 0.2) is 60.7 Å². The van der Waals surface area contributed by atoms with E-state index in [1.807, 2.05) is 12.1 Å². The summed E-state index contributed by atoms with van der Waals surface area (Å²) in [7, 11) is 0. The average molecular weight is 463 g/mol. The fourth-order valence-corrected chi connectivity index (χ4v) is 5.65. The number of benzene rings is 2. The van der Waals surface area contributed by atoms with Gasteiger partial charge in [0.15, 0.2) is 0 Å². The Kier molecular flexibility index (Phi) is 11.6. The van der Waals surface area contributed by atoms with Gasteiger partial charge in [-0.15, -0.1) is 23.5 Å². The van der Waals surface area contributed by atoms with Crippen LogP contribution in [-0.4, -0.2) is 52.5 Å². The van der Waals surface area contributed by atoms with Crippen molar-refractivity contribution in [3.8, 4) is 0 Å². The number of esters is 2. The molecule has 0 aliphatic carbocycles. The average Bonchev–Trinajstić information content (AvgIpc) is 2.81. The van der Waals surface area contributed by atoms with Crippen molar-refractivity contribution in [3.05, 3.63) is 71.8 Å². The Morgan fingerprint density at radius 3 is 1.71 bits per heavy atom. The second-order valence-electron chi connectivity index (χ2n) is 6.83. The van der Waals surface area contributed by atoms with Crippen LogP contribution in [0.2, 0.25) is 0 Å². The van der Waals surface area contributed by atoms with Crippen LogP contribution in [0.25, 0.3) is 0 Å². The van der Waals surface area contributed by atoms with Crippen LogP contribution in [-0.2, 0) is 9.47 Å². The Labute approximate surface area is 192 Å². The summed E-state index contributed by atoms with van der Waals surface area (Å²) in [5, 5.41) is 10.8. The molecular weight excluding hydrogens is 432 g/mol. The maximum atomic E-state index is 12.4. The lowest BCUT2D eigenvalue weighted by molar-refractivity contribution is -0.0125. The molecule has 0 saturated heterocycles. The van der Waals surface area contributed by atoms with Crippen LogP contribution >= 0.6 is 23.5 Å². The van der Waals surface area contributed by atoms with Gasteiger partial charge in [-0.25, -0.2) is 9.59 Å². The quantitative estimate of drug-likeness (QED) is 0.335. The Bertz CT molecular complexity index is 779. The summed E-state index contributed by atoms with van der Waals surface area (Å²) in [6.45, 7) is 4.09. The predicted octanol–water partition coefficient (Wildman–Crippen LogP) is 4.90. The van der Waals surface area contributed by atoms with Gasteiger partial charge in [0.05, 0.1) is 28.4 Å². The van der Waals surface area contributed by atoms with Crippen molar-refractivity contribution in [2.75, 3.05) is 24.7 Å². The Hall–Kier alpha value is -1.96. The highest BCUT2D eigenvalue weighted by Crippen LogP contribution is 2.31. The number of ether oxygens (including phenoxy) is 2. The highest BCUT2D eigenvalue weighted by molar-refractivity contribution is 8.16. The van der Waals surface area contributed by atoms with E-state index in [2.05, 4.69) is 13.8 Å². The third kappa shape index (κ3) is 8.97. The molecule has 0 radical (unpaired) electrons. The van der Waals surface area contributed by atoms with E-state index < -0.39 is 18.0 Å². The number of hydrogen-bond donors (Lipinski definition) is 1. The second-order valence-corrected chi connectivity index (χ2v) is 10.1. The van der Waals surface area contributed by atoms with Crippen molar-refractivity contribution >= 4 is 35.5 Å². The fraction of sp³-hybridized carbons (Fsp3) is 0.417. The smallest absolute Gasteiger partial charge is 0.338 e. The Morgan fingerprint density at radius 2 is 1.26 bits per heavy atom. The van der Waals surface area contributed by atoms with Crippen molar-refractivity contribution < 1.29 is 24.2 Å². The molecule has 0 aliphatic rings. The van der Waals surface area contributed by atoms with Crippen LogP contribution in [0, 0.1) is 5.92 Å². The Balaban J connectivity index is 2.00. The van der Waals surface area contributed by atoms with E-state index in [-0.39, 0.29) is 23.7 Å². The van der Waals surface area contributed by atoms with Gasteiger partial charge in [0.1, 0.15) is 6.61 Å². The van der Waals surface area contributed by atoms with Crippen LogP contribution in [0.1, 0.15) is 41.0 Å². The molecule has 0 saturated carbocycles. The van der Waals surface area contributed by atoms with E-state index >= 15 is 0 Å². The number of aliphatic hydroxyl groups excluding tert-OH is 1. The van der Waals surface area contributed by atoms with Crippen LogP contribution in [0.3, 0.4) is 0 Å². The molecular formula is C24H30O5S2. The maximum absolute atomic E-state index is 12.4. The summed E-state index contributed by atoms with van der Waals surface area (Å²) in [5.74, 6) is 0.643. The first-order valence-electron chi connectivity index (χ1n) is 10.4. The molecule has 0 aliphatic heterocycles. The highest BCUT2D eigenvalue weighted by Gasteiger charge is 2.27. The van der Waals surface area contributed by atoms with Gasteiger partial charge < -0.3 is 14.6 Å². The standard InChI is InChI=1S/C24H30O5S2/c1-3-30-22(31-4-2)15-20(16-28-23(26)18-11-7-5-8-12-18)21(25)17-29-24(27)19-13-9-6-10-14-19/h5-14,20-22,25H,3-4,15-17H2,1-2H3/t20-,21+/m1/s1. The molecule has 0 bridgehead atoms. The number of carbonyl (C=O) groups is 2. The van der Waals surface area contributed by atoms with Crippen molar-refractivity contribution in [1.82, 2.24) is 0 Å². The third-order valence-electron chi connectivity index (χ3n) is 4.58. The van der Waals surface area contributed by atoms with Crippen molar-refractivity contribution in [2.24, 2.45) is 5.92 Å². The molecule has 2 aromatic carbocycles. The first-order chi connectivity index (χ1) is 15.0. The minimum Gasteiger partial charge on any atom is -0.462 e. The lowest BCUT2D eigenvalue weighted by Gasteiger charge is -2.26. The largest absolute Gasteiger partial charge is 0.462 e. The number of thioether (sulfide) groups is 2. The normalized spacial score (nSPS) is 12.9. The lowest BCUT2D eigenvalue weighted by Crippen LogP contribution is -2.33. The summed E-state index contributed by atoms with van der Waals surface area (Å²) in [5.41, 5.74) is 0.899.